The first-order valence-electron chi connectivity index (χ1n) is 6.68. The number of hydrogen-bond donors (Lipinski definition) is 2. The number of carbonyl (C=O) groups excluding carboxylic acids is 1. The molecule has 2 rings (SSSR count). The first-order chi connectivity index (χ1) is 10.1. The van der Waals surface area contributed by atoms with Crippen LogP contribution in [0.2, 0.25) is 5.02 Å². The van der Waals surface area contributed by atoms with Gasteiger partial charge in [-0.05, 0) is 19.9 Å². The Hall–Kier alpha value is -1.66. The average molecular weight is 325 g/mol. The molecule has 0 aliphatic rings. The van der Waals surface area contributed by atoms with Crippen molar-refractivity contribution < 1.29 is 4.79 Å². The second-order valence-corrected chi connectivity index (χ2v) is 5.82. The number of nitrogens with one attached hydrogen (secondary N) is 2. The van der Waals surface area contributed by atoms with E-state index < -0.39 is 0 Å². The van der Waals surface area contributed by atoms with Crippen LogP contribution in [0.5, 0.6) is 0 Å². The van der Waals surface area contributed by atoms with Crippen molar-refractivity contribution in [1.82, 2.24) is 15.3 Å². The number of halogens is 1. The Morgan fingerprint density at radius 2 is 2.29 bits per heavy atom. The number of aromatic nitrogens is 2. The van der Waals surface area contributed by atoms with Gasteiger partial charge in [-0.3, -0.25) is 4.79 Å². The number of hydrogen-bond acceptors (Lipinski definition) is 5. The highest BCUT2D eigenvalue weighted by molar-refractivity contribution is 7.09. The molecule has 0 unspecified atom stereocenters. The van der Waals surface area contributed by atoms with E-state index in [4.69, 9.17) is 11.6 Å². The standard InChI is InChI=1S/C14H17ClN4OS/c1-3-16-12-6-10(11(15)7-18-12)14(20)17-5-4-13-19-9(2)8-21-13/h6-8H,3-5H2,1-2H3,(H,16,18)(H,17,20). The Morgan fingerprint density at radius 1 is 1.48 bits per heavy atom. The zero-order valence-electron chi connectivity index (χ0n) is 11.9. The molecular weight excluding hydrogens is 308 g/mol. The van der Waals surface area contributed by atoms with Gasteiger partial charge in [0, 0.05) is 36.8 Å². The lowest BCUT2D eigenvalue weighted by atomic mass is 10.2. The van der Waals surface area contributed by atoms with Crippen molar-refractivity contribution >= 4 is 34.7 Å². The van der Waals surface area contributed by atoms with Gasteiger partial charge in [0.1, 0.15) is 5.82 Å². The fourth-order valence-electron chi connectivity index (χ4n) is 1.79. The van der Waals surface area contributed by atoms with Crippen LogP contribution in [0.1, 0.15) is 28.0 Å². The molecular formula is C14H17ClN4OS. The fourth-order valence-corrected chi connectivity index (χ4v) is 2.75. The summed E-state index contributed by atoms with van der Waals surface area (Å²) in [4.78, 5) is 20.6. The fraction of sp³-hybridized carbons (Fsp3) is 0.357. The van der Waals surface area contributed by atoms with Crippen LogP contribution < -0.4 is 10.6 Å². The molecule has 0 spiro atoms. The molecule has 112 valence electrons. The molecule has 0 aliphatic carbocycles. The van der Waals surface area contributed by atoms with E-state index in [9.17, 15) is 4.79 Å². The molecule has 0 aliphatic heterocycles. The molecule has 0 aromatic carbocycles. The molecule has 7 heteroatoms. The highest BCUT2D eigenvalue weighted by atomic mass is 35.5. The third-order valence-corrected chi connectivity index (χ3v) is 4.08. The van der Waals surface area contributed by atoms with E-state index in [0.717, 1.165) is 17.2 Å². The SMILES string of the molecule is CCNc1cc(C(=O)NCCc2nc(C)cs2)c(Cl)cn1. The minimum Gasteiger partial charge on any atom is -0.370 e. The molecule has 0 bridgehead atoms. The molecule has 0 fully saturated rings. The summed E-state index contributed by atoms with van der Waals surface area (Å²) in [6.45, 7) is 5.18. The van der Waals surface area contributed by atoms with E-state index in [2.05, 4.69) is 20.6 Å². The molecule has 0 radical (unpaired) electrons. The Bertz CT molecular complexity index is 629. The lowest BCUT2D eigenvalue weighted by molar-refractivity contribution is 0.0954. The third-order valence-electron chi connectivity index (χ3n) is 2.75. The lowest BCUT2D eigenvalue weighted by Gasteiger charge is -2.08. The number of thiazole rings is 1. The monoisotopic (exact) mass is 324 g/mol. The van der Waals surface area contributed by atoms with Crippen LogP contribution in [0, 0.1) is 6.92 Å². The van der Waals surface area contributed by atoms with Crippen LogP contribution in [0.25, 0.3) is 0 Å². The summed E-state index contributed by atoms with van der Waals surface area (Å²) in [5.41, 5.74) is 1.44. The number of nitrogens with zero attached hydrogens (tertiary/aromatic N) is 2. The minimum absolute atomic E-state index is 0.199. The first-order valence-corrected chi connectivity index (χ1v) is 7.94. The van der Waals surface area contributed by atoms with Crippen LogP contribution in [0.15, 0.2) is 17.6 Å². The van der Waals surface area contributed by atoms with E-state index in [1.54, 1.807) is 17.4 Å². The van der Waals surface area contributed by atoms with Gasteiger partial charge in [-0.15, -0.1) is 11.3 Å². The van der Waals surface area contributed by atoms with Crippen molar-refractivity contribution in [2.24, 2.45) is 0 Å². The van der Waals surface area contributed by atoms with Gasteiger partial charge in [-0.1, -0.05) is 11.6 Å². The van der Waals surface area contributed by atoms with Gasteiger partial charge < -0.3 is 10.6 Å². The van der Waals surface area contributed by atoms with Gasteiger partial charge in [-0.25, -0.2) is 9.97 Å². The van der Waals surface area contributed by atoms with E-state index in [0.29, 0.717) is 29.4 Å². The zero-order valence-corrected chi connectivity index (χ0v) is 13.5. The van der Waals surface area contributed by atoms with Crippen molar-refractivity contribution in [3.8, 4) is 0 Å². The number of carbonyl (C=O) groups is 1. The summed E-state index contributed by atoms with van der Waals surface area (Å²) in [6, 6.07) is 1.66. The Morgan fingerprint density at radius 3 is 2.95 bits per heavy atom. The molecule has 0 saturated carbocycles. The van der Waals surface area contributed by atoms with Gasteiger partial charge >= 0.3 is 0 Å². The molecule has 2 heterocycles. The molecule has 2 aromatic heterocycles. The van der Waals surface area contributed by atoms with E-state index >= 15 is 0 Å². The van der Waals surface area contributed by atoms with Crippen molar-refractivity contribution in [3.05, 3.63) is 38.9 Å². The summed E-state index contributed by atoms with van der Waals surface area (Å²) >= 11 is 7.63. The molecule has 1 amide bonds. The van der Waals surface area contributed by atoms with Crippen LogP contribution in [0.3, 0.4) is 0 Å². The van der Waals surface area contributed by atoms with Gasteiger partial charge in [0.25, 0.3) is 5.91 Å². The van der Waals surface area contributed by atoms with E-state index in [1.165, 1.54) is 6.20 Å². The number of aryl methyl sites for hydroxylation is 1. The number of rotatable bonds is 6. The van der Waals surface area contributed by atoms with Crippen LogP contribution in [-0.2, 0) is 6.42 Å². The van der Waals surface area contributed by atoms with Crippen LogP contribution in [0.4, 0.5) is 5.82 Å². The van der Waals surface area contributed by atoms with Gasteiger partial charge in [0.2, 0.25) is 0 Å². The third kappa shape index (κ3) is 4.41. The topological polar surface area (TPSA) is 66.9 Å². The highest BCUT2D eigenvalue weighted by Gasteiger charge is 2.12. The second kappa shape index (κ2) is 7.38. The zero-order chi connectivity index (χ0) is 15.2. The predicted octanol–water partition coefficient (Wildman–Crippen LogP) is 2.90. The summed E-state index contributed by atoms with van der Waals surface area (Å²) in [5, 5.41) is 9.27. The smallest absolute Gasteiger partial charge is 0.253 e. The van der Waals surface area contributed by atoms with Crippen molar-refractivity contribution in [2.75, 3.05) is 18.4 Å². The number of amides is 1. The van der Waals surface area contributed by atoms with Crippen molar-refractivity contribution in [1.29, 1.82) is 0 Å². The maximum atomic E-state index is 12.1. The quantitative estimate of drug-likeness (QED) is 0.857. The van der Waals surface area contributed by atoms with Gasteiger partial charge in [0.15, 0.2) is 0 Å². The Balaban J connectivity index is 1.94. The Labute approximate surface area is 132 Å². The van der Waals surface area contributed by atoms with Crippen LogP contribution in [-0.4, -0.2) is 29.0 Å². The second-order valence-electron chi connectivity index (χ2n) is 4.47. The summed E-state index contributed by atoms with van der Waals surface area (Å²) in [7, 11) is 0. The van der Waals surface area contributed by atoms with Gasteiger partial charge in [-0.2, -0.15) is 0 Å². The normalized spacial score (nSPS) is 10.4. The molecule has 2 aromatic rings. The average Bonchev–Trinajstić information content (AvgIpc) is 2.87. The minimum atomic E-state index is -0.199. The molecule has 0 atom stereocenters. The molecule has 21 heavy (non-hydrogen) atoms. The first kappa shape index (κ1) is 15.7. The van der Waals surface area contributed by atoms with E-state index in [-0.39, 0.29) is 5.91 Å². The van der Waals surface area contributed by atoms with E-state index in [1.807, 2.05) is 19.2 Å². The maximum absolute atomic E-state index is 12.1. The molecule has 2 N–H and O–H groups in total. The molecule has 5 nitrogen and oxygen atoms in total. The van der Waals surface area contributed by atoms with Crippen molar-refractivity contribution in [2.45, 2.75) is 20.3 Å². The highest BCUT2D eigenvalue weighted by Crippen LogP contribution is 2.18. The summed E-state index contributed by atoms with van der Waals surface area (Å²) < 4.78 is 0. The van der Waals surface area contributed by atoms with Crippen molar-refractivity contribution in [3.63, 3.8) is 0 Å². The summed E-state index contributed by atoms with van der Waals surface area (Å²) in [6.07, 6.45) is 2.20. The maximum Gasteiger partial charge on any atom is 0.253 e. The van der Waals surface area contributed by atoms with Crippen LogP contribution >= 0.6 is 22.9 Å². The predicted molar refractivity (Wildman–Crippen MR) is 86.3 cm³/mol. The Kier molecular flexibility index (Phi) is 5.52. The van der Waals surface area contributed by atoms with Gasteiger partial charge in [0.05, 0.1) is 15.6 Å². The number of anilines is 1. The lowest BCUT2D eigenvalue weighted by Crippen LogP contribution is -2.26. The molecule has 0 saturated heterocycles. The largest absolute Gasteiger partial charge is 0.370 e. The summed E-state index contributed by atoms with van der Waals surface area (Å²) in [5.74, 6) is 0.442. The number of pyridine rings is 1.